The lowest BCUT2D eigenvalue weighted by Crippen LogP contribution is -2.33. The Morgan fingerprint density at radius 1 is 1.14 bits per heavy atom. The van der Waals surface area contributed by atoms with Gasteiger partial charge >= 0.3 is 12.1 Å². The van der Waals surface area contributed by atoms with Gasteiger partial charge in [0.2, 0.25) is 0 Å². The predicted octanol–water partition coefficient (Wildman–Crippen LogP) is 2.77. The van der Waals surface area contributed by atoms with Crippen molar-refractivity contribution in [3.05, 3.63) is 0 Å². The number of halogens is 3. The van der Waals surface area contributed by atoms with Crippen molar-refractivity contribution in [3.8, 4) is 0 Å². The molecule has 14 heavy (non-hydrogen) atoms. The number of carbonyl (C=O) groups is 1. The minimum atomic E-state index is -4.48. The smallest absolute Gasteiger partial charge is 0.425 e. The van der Waals surface area contributed by atoms with Crippen molar-refractivity contribution in [2.45, 2.75) is 40.0 Å². The summed E-state index contributed by atoms with van der Waals surface area (Å²) < 4.78 is 40.3. The van der Waals surface area contributed by atoms with E-state index in [0.29, 0.717) is 0 Å². The summed E-state index contributed by atoms with van der Waals surface area (Å²) in [4.78, 5) is 11.1. The highest BCUT2D eigenvalue weighted by atomic mass is 19.4. The molecule has 0 rings (SSSR count). The van der Waals surface area contributed by atoms with Crippen LogP contribution in [-0.4, -0.2) is 18.2 Å². The molecule has 0 amide bonds. The number of hydrogen-bond acceptors (Lipinski definition) is 2. The van der Waals surface area contributed by atoms with Crippen LogP contribution in [0.2, 0.25) is 0 Å². The van der Waals surface area contributed by atoms with Crippen LogP contribution in [0.3, 0.4) is 0 Å². The zero-order valence-corrected chi connectivity index (χ0v) is 8.68. The fourth-order valence-electron chi connectivity index (χ4n) is 0.621. The molecule has 0 aliphatic heterocycles. The van der Waals surface area contributed by atoms with Crippen molar-refractivity contribution in [1.82, 2.24) is 0 Å². The van der Waals surface area contributed by atoms with Gasteiger partial charge in [0.25, 0.3) is 0 Å². The summed E-state index contributed by atoms with van der Waals surface area (Å²) >= 11 is 0. The molecule has 2 nitrogen and oxygen atoms in total. The average molecular weight is 212 g/mol. The lowest BCUT2D eigenvalue weighted by Gasteiger charge is -2.20. The van der Waals surface area contributed by atoms with Crippen LogP contribution in [-0.2, 0) is 9.53 Å². The molecule has 0 aromatic heterocycles. The second-order valence-electron chi connectivity index (χ2n) is 3.65. The summed E-state index contributed by atoms with van der Waals surface area (Å²) in [6.07, 6.45) is -6.51. The van der Waals surface area contributed by atoms with Crippen LogP contribution in [0.15, 0.2) is 0 Å². The molecule has 0 heterocycles. The van der Waals surface area contributed by atoms with E-state index in [0.717, 1.165) is 6.92 Å². The topological polar surface area (TPSA) is 26.3 Å². The minimum absolute atomic E-state index is 0.0251. The highest BCUT2D eigenvalue weighted by molar-refractivity contribution is 5.72. The summed E-state index contributed by atoms with van der Waals surface area (Å²) in [6.45, 7) is 5.88. The molecule has 0 bridgehead atoms. The number of carbonyl (C=O) groups excluding carboxylic acids is 1. The lowest BCUT2D eigenvalue weighted by atomic mass is 9.98. The van der Waals surface area contributed by atoms with Crippen LogP contribution < -0.4 is 0 Å². The summed E-state index contributed by atoms with van der Waals surface area (Å²) in [6, 6.07) is 0. The van der Waals surface area contributed by atoms with Crippen LogP contribution in [0.25, 0.3) is 0 Å². The van der Waals surface area contributed by atoms with E-state index in [4.69, 9.17) is 0 Å². The molecule has 0 N–H and O–H groups in total. The predicted molar refractivity (Wildman–Crippen MR) is 45.6 cm³/mol. The Balaban J connectivity index is 4.20. The normalized spacial score (nSPS) is 16.6. The van der Waals surface area contributed by atoms with Gasteiger partial charge in [0.1, 0.15) is 0 Å². The van der Waals surface area contributed by atoms with Crippen LogP contribution in [0, 0.1) is 11.8 Å². The maximum atomic E-state index is 12.0. The van der Waals surface area contributed by atoms with Crippen molar-refractivity contribution in [1.29, 1.82) is 0 Å². The third kappa shape index (κ3) is 3.98. The number of rotatable bonds is 3. The number of ether oxygens (including phenoxy) is 1. The largest absolute Gasteiger partial charge is 0.453 e. The molecule has 0 radical (unpaired) electrons. The van der Waals surface area contributed by atoms with E-state index in [-0.39, 0.29) is 5.92 Å². The second-order valence-corrected chi connectivity index (χ2v) is 3.65. The van der Waals surface area contributed by atoms with Crippen LogP contribution in [0.4, 0.5) is 13.2 Å². The Kier molecular flexibility index (Phi) is 4.42. The van der Waals surface area contributed by atoms with E-state index in [2.05, 4.69) is 4.74 Å². The summed E-state index contributed by atoms with van der Waals surface area (Å²) in [5, 5.41) is 0. The van der Waals surface area contributed by atoms with E-state index in [1.54, 1.807) is 20.8 Å². The maximum absolute atomic E-state index is 12.0. The zero-order valence-electron chi connectivity index (χ0n) is 8.68. The van der Waals surface area contributed by atoms with Crippen molar-refractivity contribution in [2.24, 2.45) is 11.8 Å². The molecule has 0 saturated carbocycles. The lowest BCUT2D eigenvalue weighted by molar-refractivity contribution is -0.218. The molecular formula is C9H15F3O2. The van der Waals surface area contributed by atoms with Gasteiger partial charge in [0.15, 0.2) is 6.10 Å². The molecule has 2 atom stereocenters. The van der Waals surface area contributed by atoms with Gasteiger partial charge in [-0.05, 0) is 12.8 Å². The highest BCUT2D eigenvalue weighted by Gasteiger charge is 2.39. The molecule has 0 spiro atoms. The van der Waals surface area contributed by atoms with Crippen LogP contribution in [0.1, 0.15) is 27.7 Å². The Hall–Kier alpha value is -0.740. The van der Waals surface area contributed by atoms with Crippen LogP contribution in [0.5, 0.6) is 0 Å². The Morgan fingerprint density at radius 2 is 1.57 bits per heavy atom. The van der Waals surface area contributed by atoms with Gasteiger partial charge in [0.05, 0.1) is 5.92 Å². The second kappa shape index (κ2) is 4.66. The quantitative estimate of drug-likeness (QED) is 0.672. The first-order valence-corrected chi connectivity index (χ1v) is 4.43. The molecule has 0 saturated heterocycles. The van der Waals surface area contributed by atoms with Crippen molar-refractivity contribution in [3.63, 3.8) is 0 Å². The van der Waals surface area contributed by atoms with E-state index in [9.17, 15) is 18.0 Å². The summed E-state index contributed by atoms with van der Waals surface area (Å²) in [7, 11) is 0. The molecule has 0 fully saturated rings. The zero-order chi connectivity index (χ0) is 11.5. The number of hydrogen-bond donors (Lipinski definition) is 0. The first-order chi connectivity index (χ1) is 6.16. The monoisotopic (exact) mass is 212 g/mol. The van der Waals surface area contributed by atoms with Gasteiger partial charge in [-0.1, -0.05) is 20.8 Å². The molecule has 5 heteroatoms. The van der Waals surface area contributed by atoms with Gasteiger partial charge in [-0.2, -0.15) is 13.2 Å². The fraction of sp³-hybridized carbons (Fsp3) is 0.889. The summed E-state index contributed by atoms with van der Waals surface area (Å²) in [5.41, 5.74) is 0. The third-order valence-electron chi connectivity index (χ3n) is 2.13. The summed E-state index contributed by atoms with van der Waals surface area (Å²) in [5.74, 6) is -1.34. The van der Waals surface area contributed by atoms with Crippen molar-refractivity contribution < 1.29 is 22.7 Å². The fourth-order valence-corrected chi connectivity index (χ4v) is 0.621. The van der Waals surface area contributed by atoms with E-state index >= 15 is 0 Å². The van der Waals surface area contributed by atoms with Gasteiger partial charge in [-0.3, -0.25) is 4.79 Å². The Labute approximate surface area is 81.4 Å². The third-order valence-corrected chi connectivity index (χ3v) is 2.13. The molecule has 0 aliphatic rings. The van der Waals surface area contributed by atoms with Crippen molar-refractivity contribution >= 4 is 5.97 Å². The Bertz CT molecular complexity index is 199. The standard InChI is InChI=1S/C9H15F3O2/c1-5(2)6(3)8(13)14-7(4)9(10,11)12/h5-7H,1-4H3. The van der Waals surface area contributed by atoms with Gasteiger partial charge in [-0.25, -0.2) is 0 Å². The van der Waals surface area contributed by atoms with E-state index < -0.39 is 24.2 Å². The number of esters is 1. The molecule has 84 valence electrons. The van der Waals surface area contributed by atoms with Gasteiger partial charge in [0, 0.05) is 0 Å². The molecule has 0 aromatic carbocycles. The number of alkyl halides is 3. The van der Waals surface area contributed by atoms with Crippen molar-refractivity contribution in [2.75, 3.05) is 0 Å². The molecular weight excluding hydrogens is 197 g/mol. The maximum Gasteiger partial charge on any atom is 0.425 e. The van der Waals surface area contributed by atoms with Gasteiger partial charge in [-0.15, -0.1) is 0 Å². The van der Waals surface area contributed by atoms with E-state index in [1.807, 2.05) is 0 Å². The van der Waals surface area contributed by atoms with E-state index in [1.165, 1.54) is 0 Å². The van der Waals surface area contributed by atoms with Crippen LogP contribution >= 0.6 is 0 Å². The highest BCUT2D eigenvalue weighted by Crippen LogP contribution is 2.24. The average Bonchev–Trinajstić information content (AvgIpc) is 2.00. The minimum Gasteiger partial charge on any atom is -0.453 e. The van der Waals surface area contributed by atoms with Gasteiger partial charge < -0.3 is 4.74 Å². The molecule has 2 unspecified atom stereocenters. The molecule has 0 aromatic rings. The first kappa shape index (κ1) is 13.3. The first-order valence-electron chi connectivity index (χ1n) is 4.43. The SMILES string of the molecule is CC(C)C(C)C(=O)OC(C)C(F)(F)F. The Morgan fingerprint density at radius 3 is 1.86 bits per heavy atom. The molecule has 0 aliphatic carbocycles.